The van der Waals surface area contributed by atoms with Gasteiger partial charge in [-0.05, 0) is 60.2 Å². The van der Waals surface area contributed by atoms with Gasteiger partial charge in [0.1, 0.15) is 0 Å². The Hall–Kier alpha value is -1.78. The largest absolute Gasteiger partial charge is 0.302 e. The molecule has 8 heteroatoms. The highest BCUT2D eigenvalue weighted by atomic mass is 127. The molecule has 0 saturated heterocycles. The molecular formula is C20H19IN2O3S2. The molecule has 1 aromatic heterocycles. The van der Waals surface area contributed by atoms with E-state index in [9.17, 15) is 13.2 Å². The van der Waals surface area contributed by atoms with E-state index in [2.05, 4.69) is 32.9 Å². The standard InChI is InChI=1S/C20H19IN2O3S2/c1-14-4-10-17(11-5-14)28(25,26)12-2-3-19(24)23-20-22-18(13-27-20)15-6-8-16(21)9-7-15/h4-11,13H,2-3,12H2,1H3,(H,22,23,24). The van der Waals surface area contributed by atoms with Crippen LogP contribution >= 0.6 is 33.9 Å². The van der Waals surface area contributed by atoms with E-state index in [1.54, 1.807) is 24.3 Å². The molecule has 0 aliphatic heterocycles. The summed E-state index contributed by atoms with van der Waals surface area (Å²) in [5.41, 5.74) is 2.80. The minimum Gasteiger partial charge on any atom is -0.302 e. The molecule has 0 atom stereocenters. The highest BCUT2D eigenvalue weighted by Crippen LogP contribution is 2.25. The zero-order valence-electron chi connectivity index (χ0n) is 15.2. The number of aryl methyl sites for hydroxylation is 1. The van der Waals surface area contributed by atoms with Gasteiger partial charge in [-0.3, -0.25) is 4.79 Å². The molecule has 0 aliphatic rings. The first kappa shape index (κ1) is 20.9. The Balaban J connectivity index is 1.52. The summed E-state index contributed by atoms with van der Waals surface area (Å²) in [5.74, 6) is -0.294. The van der Waals surface area contributed by atoms with E-state index in [1.807, 2.05) is 36.6 Å². The van der Waals surface area contributed by atoms with Crippen molar-refractivity contribution in [1.82, 2.24) is 4.98 Å². The quantitative estimate of drug-likeness (QED) is 0.444. The molecule has 0 spiro atoms. The topological polar surface area (TPSA) is 76.1 Å². The van der Waals surface area contributed by atoms with Crippen LogP contribution in [0.15, 0.2) is 58.8 Å². The number of carbonyl (C=O) groups is 1. The van der Waals surface area contributed by atoms with Crippen LogP contribution in [0.3, 0.4) is 0 Å². The van der Waals surface area contributed by atoms with Gasteiger partial charge in [-0.2, -0.15) is 0 Å². The fourth-order valence-corrected chi connectivity index (χ4v) is 4.96. The predicted molar refractivity (Wildman–Crippen MR) is 121 cm³/mol. The summed E-state index contributed by atoms with van der Waals surface area (Å²) in [6.45, 7) is 1.91. The Kier molecular flexibility index (Phi) is 6.84. The van der Waals surface area contributed by atoms with E-state index in [-0.39, 0.29) is 24.5 Å². The fraction of sp³-hybridized carbons (Fsp3) is 0.200. The van der Waals surface area contributed by atoms with E-state index in [1.165, 1.54) is 11.3 Å². The number of hydrogen-bond donors (Lipinski definition) is 1. The number of benzene rings is 2. The lowest BCUT2D eigenvalue weighted by atomic mass is 10.2. The number of halogens is 1. The maximum absolute atomic E-state index is 12.3. The second-order valence-electron chi connectivity index (χ2n) is 6.33. The van der Waals surface area contributed by atoms with Gasteiger partial charge < -0.3 is 5.32 Å². The molecule has 1 N–H and O–H groups in total. The van der Waals surface area contributed by atoms with E-state index in [4.69, 9.17) is 0 Å². The van der Waals surface area contributed by atoms with Crippen molar-refractivity contribution in [3.8, 4) is 11.3 Å². The normalized spacial score (nSPS) is 11.4. The summed E-state index contributed by atoms with van der Waals surface area (Å²) in [4.78, 5) is 16.9. The lowest BCUT2D eigenvalue weighted by Gasteiger charge is -2.05. The molecule has 0 saturated carbocycles. The molecule has 5 nitrogen and oxygen atoms in total. The van der Waals surface area contributed by atoms with Crippen molar-refractivity contribution in [3.05, 3.63) is 63.0 Å². The van der Waals surface area contributed by atoms with E-state index in [0.717, 1.165) is 20.4 Å². The number of nitrogens with one attached hydrogen (secondary N) is 1. The van der Waals surface area contributed by atoms with Crippen LogP contribution in [-0.2, 0) is 14.6 Å². The highest BCUT2D eigenvalue weighted by molar-refractivity contribution is 14.1. The van der Waals surface area contributed by atoms with Crippen LogP contribution in [0.5, 0.6) is 0 Å². The number of rotatable bonds is 7. The first-order valence-corrected chi connectivity index (χ1v) is 12.3. The fourth-order valence-electron chi connectivity index (χ4n) is 2.55. The average molecular weight is 526 g/mol. The Labute approximate surface area is 182 Å². The molecule has 28 heavy (non-hydrogen) atoms. The van der Waals surface area contributed by atoms with E-state index >= 15 is 0 Å². The number of nitrogens with zero attached hydrogens (tertiary/aromatic N) is 1. The second kappa shape index (κ2) is 9.15. The number of amides is 1. The van der Waals surface area contributed by atoms with E-state index in [0.29, 0.717) is 10.0 Å². The van der Waals surface area contributed by atoms with Crippen molar-refractivity contribution >= 4 is 54.8 Å². The van der Waals surface area contributed by atoms with Crippen LogP contribution in [0.4, 0.5) is 5.13 Å². The molecule has 3 rings (SSSR count). The number of hydrogen-bond acceptors (Lipinski definition) is 5. The summed E-state index contributed by atoms with van der Waals surface area (Å²) in [6.07, 6.45) is 0.390. The summed E-state index contributed by atoms with van der Waals surface area (Å²) in [6, 6.07) is 14.7. The van der Waals surface area contributed by atoms with Crippen molar-refractivity contribution < 1.29 is 13.2 Å². The highest BCUT2D eigenvalue weighted by Gasteiger charge is 2.15. The second-order valence-corrected chi connectivity index (χ2v) is 10.5. The van der Waals surface area contributed by atoms with Gasteiger partial charge in [-0.15, -0.1) is 11.3 Å². The number of anilines is 1. The lowest BCUT2D eigenvalue weighted by molar-refractivity contribution is -0.116. The molecular weight excluding hydrogens is 507 g/mol. The Morgan fingerprint density at radius 3 is 2.46 bits per heavy atom. The number of carbonyl (C=O) groups excluding carboxylic acids is 1. The maximum Gasteiger partial charge on any atom is 0.226 e. The van der Waals surface area contributed by atoms with Gasteiger partial charge in [-0.25, -0.2) is 13.4 Å². The lowest BCUT2D eigenvalue weighted by Crippen LogP contribution is -2.14. The van der Waals surface area contributed by atoms with Crippen molar-refractivity contribution in [2.45, 2.75) is 24.7 Å². The van der Waals surface area contributed by atoms with Gasteiger partial charge >= 0.3 is 0 Å². The first-order chi connectivity index (χ1) is 13.3. The molecule has 0 bridgehead atoms. The molecule has 0 fully saturated rings. The first-order valence-electron chi connectivity index (χ1n) is 8.64. The number of thiazole rings is 1. The van der Waals surface area contributed by atoms with Gasteiger partial charge in [0.25, 0.3) is 0 Å². The van der Waals surface area contributed by atoms with Crippen LogP contribution in [-0.4, -0.2) is 25.1 Å². The van der Waals surface area contributed by atoms with Gasteiger partial charge in [0, 0.05) is 20.9 Å². The van der Waals surface area contributed by atoms with Gasteiger partial charge in [0.15, 0.2) is 15.0 Å². The average Bonchev–Trinajstić information content (AvgIpc) is 3.11. The molecule has 1 amide bonds. The molecule has 2 aromatic carbocycles. The zero-order chi connectivity index (χ0) is 20.1. The third kappa shape index (κ3) is 5.62. The molecule has 0 unspecified atom stereocenters. The molecule has 146 valence electrons. The van der Waals surface area contributed by atoms with Crippen molar-refractivity contribution in [3.63, 3.8) is 0 Å². The van der Waals surface area contributed by atoms with Crippen LogP contribution in [0.1, 0.15) is 18.4 Å². The zero-order valence-corrected chi connectivity index (χ0v) is 19.0. The SMILES string of the molecule is Cc1ccc(S(=O)(=O)CCCC(=O)Nc2nc(-c3ccc(I)cc3)cs2)cc1. The van der Waals surface area contributed by atoms with Crippen molar-refractivity contribution in [1.29, 1.82) is 0 Å². The molecule has 0 radical (unpaired) electrons. The van der Waals surface area contributed by atoms with Crippen LogP contribution in [0, 0.1) is 10.5 Å². The smallest absolute Gasteiger partial charge is 0.226 e. The molecule has 0 aliphatic carbocycles. The Bertz CT molecular complexity index is 1060. The minimum absolute atomic E-state index is 0.0603. The monoisotopic (exact) mass is 526 g/mol. The van der Waals surface area contributed by atoms with E-state index < -0.39 is 9.84 Å². The molecule has 1 heterocycles. The van der Waals surface area contributed by atoms with Gasteiger partial charge in [0.2, 0.25) is 5.91 Å². The summed E-state index contributed by atoms with van der Waals surface area (Å²) in [7, 11) is -3.37. The van der Waals surface area contributed by atoms with Gasteiger partial charge in [-0.1, -0.05) is 29.8 Å². The summed E-state index contributed by atoms with van der Waals surface area (Å²) < 4.78 is 25.8. The summed E-state index contributed by atoms with van der Waals surface area (Å²) >= 11 is 3.59. The predicted octanol–water partition coefficient (Wildman–Crippen LogP) is 4.92. The van der Waals surface area contributed by atoms with Crippen LogP contribution < -0.4 is 5.32 Å². The Morgan fingerprint density at radius 1 is 1.11 bits per heavy atom. The maximum atomic E-state index is 12.3. The van der Waals surface area contributed by atoms with Crippen LogP contribution in [0.25, 0.3) is 11.3 Å². The number of sulfone groups is 1. The van der Waals surface area contributed by atoms with Crippen molar-refractivity contribution in [2.24, 2.45) is 0 Å². The minimum atomic E-state index is -3.37. The van der Waals surface area contributed by atoms with Crippen LogP contribution in [0.2, 0.25) is 0 Å². The Morgan fingerprint density at radius 2 is 1.79 bits per heavy atom. The third-order valence-electron chi connectivity index (χ3n) is 4.09. The van der Waals surface area contributed by atoms with Crippen molar-refractivity contribution in [2.75, 3.05) is 11.1 Å². The molecule has 3 aromatic rings. The number of aromatic nitrogens is 1. The summed E-state index contributed by atoms with van der Waals surface area (Å²) in [5, 5.41) is 5.15. The van der Waals surface area contributed by atoms with Gasteiger partial charge in [0.05, 0.1) is 16.3 Å². The third-order valence-corrected chi connectivity index (χ3v) is 7.38.